The lowest BCUT2D eigenvalue weighted by Crippen LogP contribution is -2.41. The Bertz CT molecular complexity index is 1170. The van der Waals surface area contributed by atoms with Crippen molar-refractivity contribution in [2.45, 2.75) is 23.1 Å². The first-order valence-electron chi connectivity index (χ1n) is 8.17. The number of hydrogen-bond donors (Lipinski definition) is 1. The fraction of sp³-hybridized carbons (Fsp3) is 0.167. The van der Waals surface area contributed by atoms with Crippen molar-refractivity contribution in [3.05, 3.63) is 50.2 Å². The number of thioether (sulfide) groups is 1. The summed E-state index contributed by atoms with van der Waals surface area (Å²) in [6.07, 6.45) is -0.416. The van der Waals surface area contributed by atoms with Crippen LogP contribution in [0.2, 0.25) is 15.1 Å². The molecule has 11 heteroatoms. The summed E-state index contributed by atoms with van der Waals surface area (Å²) in [6.45, 7) is 0.0234. The summed E-state index contributed by atoms with van der Waals surface area (Å²) in [7, 11) is 0. The van der Waals surface area contributed by atoms with Gasteiger partial charge in [0.05, 0.1) is 48.6 Å². The van der Waals surface area contributed by atoms with Crippen molar-refractivity contribution >= 4 is 85.7 Å². The van der Waals surface area contributed by atoms with Crippen LogP contribution in [0.25, 0.3) is 10.2 Å². The molecule has 1 aliphatic rings. The average Bonchev–Trinajstić information content (AvgIpc) is 3.08. The zero-order valence-electron chi connectivity index (χ0n) is 14.3. The summed E-state index contributed by atoms with van der Waals surface area (Å²) in [4.78, 5) is 30.2. The van der Waals surface area contributed by atoms with Gasteiger partial charge in [0.15, 0.2) is 0 Å². The Kier molecular flexibility index (Phi) is 5.65. The molecule has 29 heavy (non-hydrogen) atoms. The number of aliphatic carboxylic acids is 1. The van der Waals surface area contributed by atoms with Crippen molar-refractivity contribution < 1.29 is 19.1 Å². The van der Waals surface area contributed by atoms with Crippen molar-refractivity contribution in [3.63, 3.8) is 0 Å². The van der Waals surface area contributed by atoms with Gasteiger partial charge in [0.25, 0.3) is 0 Å². The van der Waals surface area contributed by atoms with E-state index < -0.39 is 29.4 Å². The highest BCUT2D eigenvalue weighted by Crippen LogP contribution is 2.44. The number of carbonyl (C=O) groups is 2. The number of carboxylic acids is 1. The van der Waals surface area contributed by atoms with E-state index in [0.717, 1.165) is 11.8 Å². The zero-order chi connectivity index (χ0) is 20.9. The second kappa shape index (κ2) is 7.92. The molecule has 1 N–H and O–H groups in total. The van der Waals surface area contributed by atoms with E-state index >= 15 is 0 Å². The second-order valence-electron chi connectivity index (χ2n) is 6.16. The largest absolute Gasteiger partial charge is 0.481 e. The highest BCUT2D eigenvalue weighted by atomic mass is 35.5. The smallest absolute Gasteiger partial charge is 0.305 e. The third kappa shape index (κ3) is 3.80. The summed E-state index contributed by atoms with van der Waals surface area (Å²) in [6, 6.07) is 5.91. The molecule has 0 fully saturated rings. The summed E-state index contributed by atoms with van der Waals surface area (Å²) < 4.78 is 15.0. The SMILES string of the molecule is O=C(O)CC1Sc2c(F)cccc2N(Cc2nc3c(Cl)c(Cl)cc(Cl)c3s2)C1=O. The molecule has 3 aromatic rings. The van der Waals surface area contributed by atoms with Crippen molar-refractivity contribution in [1.82, 2.24) is 4.98 Å². The van der Waals surface area contributed by atoms with E-state index in [0.29, 0.717) is 25.9 Å². The van der Waals surface area contributed by atoms with Crippen molar-refractivity contribution in [2.75, 3.05) is 4.90 Å². The van der Waals surface area contributed by atoms with Crippen molar-refractivity contribution in [3.8, 4) is 0 Å². The van der Waals surface area contributed by atoms with Gasteiger partial charge in [0.2, 0.25) is 5.91 Å². The maximum atomic E-state index is 14.4. The average molecular weight is 492 g/mol. The van der Waals surface area contributed by atoms with Crippen LogP contribution in [0.4, 0.5) is 10.1 Å². The van der Waals surface area contributed by atoms with Crippen LogP contribution < -0.4 is 4.90 Å². The van der Waals surface area contributed by atoms with Gasteiger partial charge < -0.3 is 10.0 Å². The van der Waals surface area contributed by atoms with Crippen LogP contribution in [0.1, 0.15) is 11.4 Å². The normalized spacial score (nSPS) is 16.3. The zero-order valence-corrected chi connectivity index (χ0v) is 18.2. The first kappa shape index (κ1) is 20.7. The molecule has 2 heterocycles. The minimum atomic E-state index is -1.14. The van der Waals surface area contributed by atoms with E-state index in [1.807, 2.05) is 0 Å². The molecule has 0 aliphatic carbocycles. The number of rotatable bonds is 4. The Balaban J connectivity index is 1.77. The molecule has 1 aromatic heterocycles. The van der Waals surface area contributed by atoms with E-state index in [-0.39, 0.29) is 21.5 Å². The minimum absolute atomic E-state index is 0.0234. The Morgan fingerprint density at radius 1 is 1.28 bits per heavy atom. The number of carbonyl (C=O) groups excluding carboxylic acids is 1. The van der Waals surface area contributed by atoms with E-state index in [4.69, 9.17) is 39.9 Å². The van der Waals surface area contributed by atoms with Crippen LogP contribution in [0.3, 0.4) is 0 Å². The number of amides is 1. The Morgan fingerprint density at radius 2 is 2.03 bits per heavy atom. The number of hydrogen-bond acceptors (Lipinski definition) is 5. The van der Waals surface area contributed by atoms with Gasteiger partial charge in [-0.05, 0) is 18.2 Å². The van der Waals surface area contributed by atoms with E-state index in [1.165, 1.54) is 34.4 Å². The third-order valence-electron chi connectivity index (χ3n) is 4.25. The van der Waals surface area contributed by atoms with E-state index in [9.17, 15) is 14.0 Å². The second-order valence-corrected chi connectivity index (χ2v) is 9.65. The first-order chi connectivity index (χ1) is 13.8. The van der Waals surface area contributed by atoms with Gasteiger partial charge in [-0.3, -0.25) is 9.59 Å². The molecule has 1 unspecified atom stereocenters. The lowest BCUT2D eigenvalue weighted by molar-refractivity contribution is -0.138. The van der Waals surface area contributed by atoms with Crippen molar-refractivity contribution in [2.24, 2.45) is 0 Å². The molecule has 2 aromatic carbocycles. The summed E-state index contributed by atoms with van der Waals surface area (Å²) in [5, 5.41) is 9.60. The van der Waals surface area contributed by atoms with Crippen LogP contribution in [0, 0.1) is 5.82 Å². The number of halogens is 4. The van der Waals surface area contributed by atoms with E-state index in [1.54, 1.807) is 6.07 Å². The first-order valence-corrected chi connectivity index (χ1v) is 11.0. The third-order valence-corrected chi connectivity index (χ3v) is 7.81. The quantitative estimate of drug-likeness (QED) is 0.462. The fourth-order valence-corrected chi connectivity index (χ4v) is 6.00. The highest BCUT2D eigenvalue weighted by Gasteiger charge is 2.37. The summed E-state index contributed by atoms with van der Waals surface area (Å²) in [5.74, 6) is -2.07. The van der Waals surface area contributed by atoms with Gasteiger partial charge in [-0.15, -0.1) is 23.1 Å². The van der Waals surface area contributed by atoms with Gasteiger partial charge in [0, 0.05) is 0 Å². The Hall–Kier alpha value is -1.58. The topological polar surface area (TPSA) is 70.5 Å². The van der Waals surface area contributed by atoms with Gasteiger partial charge in [-0.25, -0.2) is 9.37 Å². The molecular weight excluding hydrogens is 482 g/mol. The lowest BCUT2D eigenvalue weighted by atomic mass is 10.2. The van der Waals surface area contributed by atoms with Crippen LogP contribution in [0.5, 0.6) is 0 Å². The number of aromatic nitrogens is 1. The van der Waals surface area contributed by atoms with Gasteiger partial charge >= 0.3 is 5.97 Å². The number of thiazole rings is 1. The predicted molar refractivity (Wildman–Crippen MR) is 114 cm³/mol. The number of nitrogens with zero attached hydrogens (tertiary/aromatic N) is 2. The molecule has 0 saturated heterocycles. The molecule has 5 nitrogen and oxygen atoms in total. The maximum Gasteiger partial charge on any atom is 0.305 e. The van der Waals surface area contributed by atoms with Crippen LogP contribution in [-0.4, -0.2) is 27.2 Å². The summed E-state index contributed by atoms with van der Waals surface area (Å²) >= 11 is 20.7. The molecule has 1 amide bonds. The fourth-order valence-electron chi connectivity index (χ4n) is 2.99. The lowest BCUT2D eigenvalue weighted by Gasteiger charge is -2.32. The number of carboxylic acid groups (broad SMARTS) is 1. The molecule has 1 atom stereocenters. The van der Waals surface area contributed by atoms with Gasteiger partial charge in [-0.2, -0.15) is 0 Å². The molecule has 1 aliphatic heterocycles. The standard InChI is InChI=1S/C18H10Cl3FN2O3S2/c19-7-4-8(20)16-15(14(7)21)23-12(29-16)6-24-10-3-1-2-9(22)17(10)28-11(18(24)27)5-13(25)26/h1-4,11H,5-6H2,(H,25,26). The molecule has 0 spiro atoms. The van der Waals surface area contributed by atoms with Crippen LogP contribution >= 0.6 is 57.9 Å². The molecule has 0 radical (unpaired) electrons. The van der Waals surface area contributed by atoms with Gasteiger partial charge in [0.1, 0.15) is 16.3 Å². The van der Waals surface area contributed by atoms with Crippen LogP contribution in [0.15, 0.2) is 29.2 Å². The number of fused-ring (bicyclic) bond motifs is 2. The highest BCUT2D eigenvalue weighted by molar-refractivity contribution is 8.01. The summed E-state index contributed by atoms with van der Waals surface area (Å²) in [5.41, 5.74) is 0.792. The molecule has 0 bridgehead atoms. The van der Waals surface area contributed by atoms with E-state index in [2.05, 4.69) is 4.98 Å². The predicted octanol–water partition coefficient (Wildman–Crippen LogP) is 5.88. The Labute approximate surface area is 187 Å². The molecule has 150 valence electrons. The molecular formula is C18H10Cl3FN2O3S2. The van der Waals surface area contributed by atoms with Gasteiger partial charge in [-0.1, -0.05) is 40.9 Å². The molecule has 4 rings (SSSR count). The number of anilines is 1. The minimum Gasteiger partial charge on any atom is -0.481 e. The maximum absolute atomic E-state index is 14.4. The van der Waals surface area contributed by atoms with Crippen LogP contribution in [-0.2, 0) is 16.1 Å². The monoisotopic (exact) mass is 490 g/mol. The number of benzene rings is 2. The van der Waals surface area contributed by atoms with Crippen molar-refractivity contribution in [1.29, 1.82) is 0 Å². The molecule has 0 saturated carbocycles. The Morgan fingerprint density at radius 3 is 2.76 bits per heavy atom.